The van der Waals surface area contributed by atoms with Gasteiger partial charge in [-0.05, 0) is 11.6 Å². The summed E-state index contributed by atoms with van der Waals surface area (Å²) in [5.41, 5.74) is 7.25. The minimum Gasteiger partial charge on any atom is -0.352 e. The van der Waals surface area contributed by atoms with Crippen molar-refractivity contribution >= 4 is 23.6 Å². The van der Waals surface area contributed by atoms with E-state index in [4.69, 9.17) is 5.73 Å². The first-order chi connectivity index (χ1) is 8.70. The number of nitrogens with two attached hydrogens (primary N) is 1. The van der Waals surface area contributed by atoms with Gasteiger partial charge in [0.2, 0.25) is 11.8 Å². The Morgan fingerprint density at radius 3 is 2.56 bits per heavy atom. The van der Waals surface area contributed by atoms with Gasteiger partial charge in [-0.1, -0.05) is 30.4 Å². The number of carbonyl (C=O) groups is 2. The van der Waals surface area contributed by atoms with Crippen LogP contribution in [0.4, 0.5) is 5.69 Å². The summed E-state index contributed by atoms with van der Waals surface area (Å²) < 4.78 is 0. The summed E-state index contributed by atoms with van der Waals surface area (Å²) in [7, 11) is 0. The first kappa shape index (κ1) is 12.3. The van der Waals surface area contributed by atoms with Gasteiger partial charge in [-0.15, -0.1) is 0 Å². The van der Waals surface area contributed by atoms with Gasteiger partial charge in [0.05, 0.1) is 13.1 Å². The van der Waals surface area contributed by atoms with Crippen LogP contribution in [0.15, 0.2) is 30.3 Å². The molecule has 1 aromatic carbocycles. The van der Waals surface area contributed by atoms with E-state index < -0.39 is 0 Å². The third-order valence-electron chi connectivity index (χ3n) is 2.66. The summed E-state index contributed by atoms with van der Waals surface area (Å²) in [4.78, 5) is 24.5. The fourth-order valence-electron chi connectivity index (χ4n) is 1.92. The molecule has 1 heterocycles. The predicted molar refractivity (Wildman–Crippen MR) is 69.9 cm³/mol. The Bertz CT molecular complexity index is 481. The Kier molecular flexibility index (Phi) is 3.74. The van der Waals surface area contributed by atoms with Crippen LogP contribution in [0.2, 0.25) is 0 Å². The molecule has 1 aliphatic rings. The van der Waals surface area contributed by atoms with Crippen LogP contribution >= 0.6 is 0 Å². The normalized spacial score (nSPS) is 16.2. The number of hydrogen-bond donors (Lipinski definition) is 2. The van der Waals surface area contributed by atoms with Crippen molar-refractivity contribution in [2.45, 2.75) is 0 Å². The van der Waals surface area contributed by atoms with E-state index in [1.165, 1.54) is 0 Å². The summed E-state index contributed by atoms with van der Waals surface area (Å²) in [6, 6.07) is 7.61. The van der Waals surface area contributed by atoms with Crippen molar-refractivity contribution in [1.29, 1.82) is 0 Å². The number of hydrogen-bond acceptors (Lipinski definition) is 4. The number of para-hydroxylation sites is 1. The van der Waals surface area contributed by atoms with Gasteiger partial charge >= 0.3 is 0 Å². The molecular formula is C13H15N3O2. The molecule has 5 nitrogen and oxygen atoms in total. The van der Waals surface area contributed by atoms with Gasteiger partial charge in [0.25, 0.3) is 0 Å². The molecule has 3 N–H and O–H groups in total. The number of rotatable bonds is 3. The van der Waals surface area contributed by atoms with Gasteiger partial charge in [0, 0.05) is 12.2 Å². The first-order valence-electron chi connectivity index (χ1n) is 5.74. The lowest BCUT2D eigenvalue weighted by molar-refractivity contribution is -0.130. The molecule has 2 amide bonds. The van der Waals surface area contributed by atoms with E-state index in [1.54, 1.807) is 4.90 Å². The molecule has 1 aromatic rings. The summed E-state index contributed by atoms with van der Waals surface area (Å²) in [5.74, 6) is -0.548. The first-order valence-corrected chi connectivity index (χ1v) is 5.74. The number of carbonyl (C=O) groups excluding carboxylic acids is 2. The highest BCUT2D eigenvalue weighted by atomic mass is 16.2. The molecule has 94 valence electrons. The zero-order chi connectivity index (χ0) is 13.0. The van der Waals surface area contributed by atoms with E-state index in [-0.39, 0.29) is 24.9 Å². The van der Waals surface area contributed by atoms with E-state index in [9.17, 15) is 9.59 Å². The van der Waals surface area contributed by atoms with Crippen molar-refractivity contribution in [3.05, 3.63) is 35.9 Å². The number of piperazine rings is 1. The smallest absolute Gasteiger partial charge is 0.246 e. The highest BCUT2D eigenvalue weighted by Crippen LogP contribution is 2.22. The molecular weight excluding hydrogens is 230 g/mol. The van der Waals surface area contributed by atoms with Crippen LogP contribution in [0.3, 0.4) is 0 Å². The fourth-order valence-corrected chi connectivity index (χ4v) is 1.92. The fraction of sp³-hybridized carbons (Fsp3) is 0.231. The quantitative estimate of drug-likeness (QED) is 0.742. The number of anilines is 1. The molecule has 0 spiro atoms. The Balaban J connectivity index is 2.29. The molecule has 1 fully saturated rings. The molecule has 0 radical (unpaired) electrons. The molecule has 2 rings (SSSR count). The second-order valence-corrected chi connectivity index (χ2v) is 4.02. The number of nitrogens with zero attached hydrogens (tertiary/aromatic N) is 1. The molecule has 1 saturated heterocycles. The van der Waals surface area contributed by atoms with Crippen molar-refractivity contribution in [3.8, 4) is 0 Å². The molecule has 0 saturated carbocycles. The van der Waals surface area contributed by atoms with Gasteiger partial charge < -0.3 is 10.6 Å². The summed E-state index contributed by atoms with van der Waals surface area (Å²) in [6.45, 7) is 0.839. The SMILES string of the molecule is NC/C=C/c1ccccc1N1CC(=O)NC(=O)C1. The van der Waals surface area contributed by atoms with Crippen LogP contribution in [0, 0.1) is 0 Å². The lowest BCUT2D eigenvalue weighted by Crippen LogP contribution is -2.51. The molecule has 0 unspecified atom stereocenters. The third-order valence-corrected chi connectivity index (χ3v) is 2.66. The topological polar surface area (TPSA) is 75.4 Å². The Morgan fingerprint density at radius 1 is 1.22 bits per heavy atom. The monoisotopic (exact) mass is 245 g/mol. The number of amides is 2. The maximum atomic E-state index is 11.4. The minimum atomic E-state index is -0.274. The van der Waals surface area contributed by atoms with Crippen LogP contribution in [0.1, 0.15) is 5.56 Å². The van der Waals surface area contributed by atoms with Crippen LogP contribution in [0.25, 0.3) is 6.08 Å². The summed E-state index contributed by atoms with van der Waals surface area (Å²) >= 11 is 0. The molecule has 5 heteroatoms. The van der Waals surface area contributed by atoms with Crippen molar-refractivity contribution in [1.82, 2.24) is 5.32 Å². The van der Waals surface area contributed by atoms with Gasteiger partial charge in [0.1, 0.15) is 0 Å². The van der Waals surface area contributed by atoms with Crippen LogP contribution in [-0.2, 0) is 9.59 Å². The predicted octanol–water partition coefficient (Wildman–Crippen LogP) is 0.121. The molecule has 0 atom stereocenters. The van der Waals surface area contributed by atoms with Gasteiger partial charge in [-0.25, -0.2) is 0 Å². The van der Waals surface area contributed by atoms with Crippen molar-refractivity contribution in [2.24, 2.45) is 5.73 Å². The maximum absolute atomic E-state index is 11.4. The zero-order valence-electron chi connectivity index (χ0n) is 9.93. The molecule has 1 aliphatic heterocycles. The molecule has 0 aliphatic carbocycles. The van der Waals surface area contributed by atoms with Gasteiger partial charge in [-0.2, -0.15) is 0 Å². The number of imide groups is 1. The minimum absolute atomic E-state index is 0.194. The van der Waals surface area contributed by atoms with Gasteiger partial charge in [-0.3, -0.25) is 14.9 Å². The number of nitrogens with one attached hydrogen (secondary N) is 1. The largest absolute Gasteiger partial charge is 0.352 e. The zero-order valence-corrected chi connectivity index (χ0v) is 9.93. The van der Waals surface area contributed by atoms with Gasteiger partial charge in [0.15, 0.2) is 0 Å². The Hall–Kier alpha value is -2.14. The average Bonchev–Trinajstić information content (AvgIpc) is 2.35. The van der Waals surface area contributed by atoms with Crippen LogP contribution in [0.5, 0.6) is 0 Å². The second kappa shape index (κ2) is 5.46. The van der Waals surface area contributed by atoms with E-state index in [0.717, 1.165) is 11.3 Å². The summed E-state index contributed by atoms with van der Waals surface area (Å²) in [5, 5.41) is 2.28. The standard InChI is InChI=1S/C13H15N3O2/c14-7-3-5-10-4-1-2-6-11(10)16-8-12(17)15-13(18)9-16/h1-6H,7-9,14H2,(H,15,17,18)/b5-3+. The lowest BCUT2D eigenvalue weighted by atomic mass is 10.1. The van der Waals surface area contributed by atoms with Crippen molar-refractivity contribution in [3.63, 3.8) is 0 Å². The average molecular weight is 245 g/mol. The maximum Gasteiger partial charge on any atom is 0.246 e. The molecule has 0 aromatic heterocycles. The highest BCUT2D eigenvalue weighted by molar-refractivity contribution is 6.03. The third kappa shape index (κ3) is 2.75. The van der Waals surface area contributed by atoms with Crippen LogP contribution in [-0.4, -0.2) is 31.4 Å². The van der Waals surface area contributed by atoms with E-state index in [2.05, 4.69) is 5.32 Å². The second-order valence-electron chi connectivity index (χ2n) is 4.02. The van der Waals surface area contributed by atoms with E-state index in [0.29, 0.717) is 6.54 Å². The van der Waals surface area contributed by atoms with E-state index in [1.807, 2.05) is 36.4 Å². The molecule has 0 bridgehead atoms. The number of benzene rings is 1. The van der Waals surface area contributed by atoms with Crippen LogP contribution < -0.4 is 16.0 Å². The highest BCUT2D eigenvalue weighted by Gasteiger charge is 2.23. The Morgan fingerprint density at radius 2 is 1.89 bits per heavy atom. The van der Waals surface area contributed by atoms with Crippen molar-refractivity contribution < 1.29 is 9.59 Å². The lowest BCUT2D eigenvalue weighted by Gasteiger charge is -2.28. The van der Waals surface area contributed by atoms with E-state index >= 15 is 0 Å². The molecule has 18 heavy (non-hydrogen) atoms. The van der Waals surface area contributed by atoms with Crippen molar-refractivity contribution in [2.75, 3.05) is 24.5 Å². The summed E-state index contributed by atoms with van der Waals surface area (Å²) in [6.07, 6.45) is 3.73. The Labute approximate surface area is 105 Å².